The molecule has 0 N–H and O–H groups in total. The highest BCUT2D eigenvalue weighted by atomic mass is 35.5. The molecule has 0 aliphatic carbocycles. The minimum Gasteiger partial charge on any atom is -0.468 e. The Morgan fingerprint density at radius 2 is 1.74 bits per heavy atom. The Morgan fingerprint density at radius 1 is 1.15 bits per heavy atom. The highest BCUT2D eigenvalue weighted by Gasteiger charge is 2.47. The van der Waals surface area contributed by atoms with Gasteiger partial charge in [-0.25, -0.2) is 0 Å². The maximum Gasteiger partial charge on any atom is 0.416 e. The smallest absolute Gasteiger partial charge is 0.416 e. The molecule has 8 heteroatoms. The molecule has 1 unspecified atom stereocenters. The van der Waals surface area contributed by atoms with Gasteiger partial charge in [-0.15, -0.1) is 0 Å². The van der Waals surface area contributed by atoms with Gasteiger partial charge in [-0.1, -0.05) is 23.7 Å². The van der Waals surface area contributed by atoms with E-state index in [1.807, 2.05) is 0 Å². The first-order valence-corrected chi connectivity index (χ1v) is 8.41. The van der Waals surface area contributed by atoms with Crippen molar-refractivity contribution in [2.75, 3.05) is 18.7 Å². The third-order valence-electron chi connectivity index (χ3n) is 4.46. The standard InChI is InChI=1S/C19H16ClF3N2O2/c1-18(17(26)27-2)11-25(15-9-7-14(20)8-10-15)24-16(18)12-3-5-13(6-4-12)19(21,22)23/h3-10H,11H2,1-2H3. The summed E-state index contributed by atoms with van der Waals surface area (Å²) in [7, 11) is 1.27. The summed E-state index contributed by atoms with van der Waals surface area (Å²) < 4.78 is 43.4. The van der Waals surface area contributed by atoms with E-state index in [1.54, 1.807) is 36.2 Å². The number of carbonyl (C=O) groups excluding carboxylic acids is 1. The van der Waals surface area contributed by atoms with E-state index >= 15 is 0 Å². The second kappa shape index (κ2) is 6.88. The molecule has 0 fully saturated rings. The van der Waals surface area contributed by atoms with Crippen LogP contribution < -0.4 is 5.01 Å². The van der Waals surface area contributed by atoms with Crippen LogP contribution in [0.3, 0.4) is 0 Å². The number of benzene rings is 2. The van der Waals surface area contributed by atoms with E-state index in [0.717, 1.165) is 12.1 Å². The van der Waals surface area contributed by atoms with Crippen molar-refractivity contribution in [2.45, 2.75) is 13.1 Å². The van der Waals surface area contributed by atoms with Gasteiger partial charge < -0.3 is 4.74 Å². The van der Waals surface area contributed by atoms with Gasteiger partial charge in [0, 0.05) is 5.02 Å². The number of anilines is 1. The molecule has 1 aliphatic heterocycles. The molecule has 0 radical (unpaired) electrons. The van der Waals surface area contributed by atoms with Gasteiger partial charge in [-0.2, -0.15) is 18.3 Å². The minimum absolute atomic E-state index is 0.192. The molecule has 0 aromatic heterocycles. The molecule has 0 saturated carbocycles. The van der Waals surface area contributed by atoms with Crippen molar-refractivity contribution in [3.8, 4) is 0 Å². The lowest BCUT2D eigenvalue weighted by molar-refractivity contribution is -0.147. The Morgan fingerprint density at radius 3 is 2.26 bits per heavy atom. The number of ether oxygens (including phenoxy) is 1. The van der Waals surface area contributed by atoms with Crippen LogP contribution in [0.2, 0.25) is 5.02 Å². The first-order valence-electron chi connectivity index (χ1n) is 8.03. The number of esters is 1. The van der Waals surface area contributed by atoms with Gasteiger partial charge in [0.1, 0.15) is 5.41 Å². The van der Waals surface area contributed by atoms with Crippen molar-refractivity contribution in [1.82, 2.24) is 0 Å². The normalized spacial score (nSPS) is 19.8. The van der Waals surface area contributed by atoms with Crippen LogP contribution in [0.1, 0.15) is 18.1 Å². The molecule has 0 saturated heterocycles. The van der Waals surface area contributed by atoms with Crippen LogP contribution >= 0.6 is 11.6 Å². The number of rotatable bonds is 3. The Balaban J connectivity index is 2.03. The number of alkyl halides is 3. The summed E-state index contributed by atoms with van der Waals surface area (Å²) in [5, 5.41) is 6.66. The minimum atomic E-state index is -4.43. The molecule has 2 aromatic rings. The summed E-state index contributed by atoms with van der Waals surface area (Å²) in [6.45, 7) is 1.85. The quantitative estimate of drug-likeness (QED) is 0.702. The number of hydrazone groups is 1. The molecule has 0 amide bonds. The average Bonchev–Trinajstić information content (AvgIpc) is 3.00. The lowest BCUT2D eigenvalue weighted by Crippen LogP contribution is -2.40. The number of nitrogens with zero attached hydrogens (tertiary/aromatic N) is 2. The van der Waals surface area contributed by atoms with Gasteiger partial charge in [0.25, 0.3) is 0 Å². The fourth-order valence-electron chi connectivity index (χ4n) is 2.98. The number of methoxy groups -OCH3 is 1. The van der Waals surface area contributed by atoms with Crippen molar-refractivity contribution >= 4 is 29.0 Å². The van der Waals surface area contributed by atoms with E-state index in [9.17, 15) is 18.0 Å². The molecule has 4 nitrogen and oxygen atoms in total. The zero-order valence-corrected chi connectivity index (χ0v) is 15.3. The average molecular weight is 397 g/mol. The molecule has 1 aliphatic rings. The van der Waals surface area contributed by atoms with Crippen molar-refractivity contribution in [1.29, 1.82) is 0 Å². The van der Waals surface area contributed by atoms with E-state index in [-0.39, 0.29) is 6.54 Å². The highest BCUT2D eigenvalue weighted by molar-refractivity contribution is 6.30. The number of hydrogen-bond donors (Lipinski definition) is 0. The number of hydrogen-bond acceptors (Lipinski definition) is 4. The molecule has 2 aromatic carbocycles. The summed E-state index contributed by atoms with van der Waals surface area (Å²) in [6, 6.07) is 11.5. The lowest BCUT2D eigenvalue weighted by atomic mass is 9.82. The van der Waals surface area contributed by atoms with Crippen LogP contribution in [0.4, 0.5) is 18.9 Å². The van der Waals surface area contributed by atoms with Gasteiger partial charge in [0.05, 0.1) is 30.6 Å². The van der Waals surface area contributed by atoms with E-state index < -0.39 is 23.1 Å². The van der Waals surface area contributed by atoms with Gasteiger partial charge in [-0.3, -0.25) is 9.80 Å². The van der Waals surface area contributed by atoms with Crippen LogP contribution in [0.5, 0.6) is 0 Å². The van der Waals surface area contributed by atoms with Crippen molar-refractivity contribution in [3.05, 3.63) is 64.7 Å². The van der Waals surface area contributed by atoms with E-state index in [0.29, 0.717) is 22.0 Å². The van der Waals surface area contributed by atoms with Crippen LogP contribution in [0, 0.1) is 5.41 Å². The highest BCUT2D eigenvalue weighted by Crippen LogP contribution is 2.36. The molecule has 3 rings (SSSR count). The third kappa shape index (κ3) is 3.64. The first-order chi connectivity index (χ1) is 12.6. The van der Waals surface area contributed by atoms with Crippen molar-refractivity contribution in [3.63, 3.8) is 0 Å². The summed E-state index contributed by atoms with van der Waals surface area (Å²) in [6.07, 6.45) is -4.43. The van der Waals surface area contributed by atoms with Crippen molar-refractivity contribution in [2.24, 2.45) is 10.5 Å². The maximum atomic E-state index is 12.8. The SMILES string of the molecule is COC(=O)C1(C)CN(c2ccc(Cl)cc2)N=C1c1ccc(C(F)(F)F)cc1. The van der Waals surface area contributed by atoms with Gasteiger partial charge in [0.15, 0.2) is 0 Å². The number of halogens is 4. The molecular weight excluding hydrogens is 381 g/mol. The third-order valence-corrected chi connectivity index (χ3v) is 4.71. The summed E-state index contributed by atoms with van der Waals surface area (Å²) in [4.78, 5) is 12.4. The zero-order chi connectivity index (χ0) is 19.8. The fraction of sp³-hybridized carbons (Fsp3) is 0.263. The fourth-order valence-corrected chi connectivity index (χ4v) is 3.11. The van der Waals surface area contributed by atoms with Crippen LogP contribution in [0.15, 0.2) is 53.6 Å². The van der Waals surface area contributed by atoms with Crippen LogP contribution in [-0.2, 0) is 15.7 Å². The Bertz CT molecular complexity index is 879. The lowest BCUT2D eigenvalue weighted by Gasteiger charge is -2.24. The molecular formula is C19H16ClF3N2O2. The molecule has 1 heterocycles. The molecule has 0 bridgehead atoms. The topological polar surface area (TPSA) is 41.9 Å². The zero-order valence-electron chi connectivity index (χ0n) is 14.5. The monoisotopic (exact) mass is 396 g/mol. The molecule has 0 spiro atoms. The van der Waals surface area contributed by atoms with E-state index in [4.69, 9.17) is 16.3 Å². The predicted molar refractivity (Wildman–Crippen MR) is 96.9 cm³/mol. The largest absolute Gasteiger partial charge is 0.468 e. The number of carbonyl (C=O) groups is 1. The second-order valence-corrected chi connectivity index (χ2v) is 6.82. The molecule has 1 atom stereocenters. The van der Waals surface area contributed by atoms with Crippen LogP contribution in [-0.4, -0.2) is 25.3 Å². The second-order valence-electron chi connectivity index (χ2n) is 6.38. The molecule has 142 valence electrons. The Kier molecular flexibility index (Phi) is 4.90. The van der Waals surface area contributed by atoms with E-state index in [1.165, 1.54) is 19.2 Å². The Hall–Kier alpha value is -2.54. The van der Waals surface area contributed by atoms with E-state index in [2.05, 4.69) is 5.10 Å². The summed E-state index contributed by atoms with van der Waals surface area (Å²) in [5.74, 6) is -0.516. The maximum absolute atomic E-state index is 12.8. The van der Waals surface area contributed by atoms with Crippen molar-refractivity contribution < 1.29 is 22.7 Å². The summed E-state index contributed by atoms with van der Waals surface area (Å²) >= 11 is 5.90. The van der Waals surface area contributed by atoms with Gasteiger partial charge in [-0.05, 0) is 48.9 Å². The predicted octanol–water partition coefficient (Wildman–Crippen LogP) is 4.76. The molecule has 27 heavy (non-hydrogen) atoms. The van der Waals surface area contributed by atoms with Gasteiger partial charge in [0.2, 0.25) is 0 Å². The Labute approximate surface area is 159 Å². The van der Waals surface area contributed by atoms with Gasteiger partial charge >= 0.3 is 12.1 Å². The first kappa shape index (κ1) is 19.2. The summed E-state index contributed by atoms with van der Waals surface area (Å²) in [5.41, 5.74) is -0.422. The van der Waals surface area contributed by atoms with Crippen LogP contribution in [0.25, 0.3) is 0 Å².